The molecule has 2 aromatic heterocycles. The van der Waals surface area contributed by atoms with Crippen molar-refractivity contribution in [1.29, 1.82) is 0 Å². The van der Waals surface area contributed by atoms with Crippen molar-refractivity contribution in [2.45, 2.75) is 19.8 Å². The molecule has 0 radical (unpaired) electrons. The fourth-order valence-electron chi connectivity index (χ4n) is 1.29. The monoisotopic (exact) mass is 281 g/mol. The summed E-state index contributed by atoms with van der Waals surface area (Å²) in [5, 5.41) is 4.14. The van der Waals surface area contributed by atoms with Crippen molar-refractivity contribution in [3.8, 4) is 5.82 Å². The quantitative estimate of drug-likeness (QED) is 0.916. The molecule has 2 rings (SSSR count). The number of aromatic nitrogens is 4. The minimum Gasteiger partial charge on any atom is -0.381 e. The van der Waals surface area contributed by atoms with Gasteiger partial charge in [-0.3, -0.25) is 0 Å². The van der Waals surface area contributed by atoms with Crippen LogP contribution in [0.25, 0.3) is 5.82 Å². The molecule has 0 bridgehead atoms. The Labute approximate surface area is 102 Å². The standard InChI is InChI=1S/C10H12BrN5/c1-6(2)8-3-9(14-5-13-8)16-4-7(11)10(12)15-16/h3-6H,1-2H3,(H2,12,15). The highest BCUT2D eigenvalue weighted by molar-refractivity contribution is 9.10. The second-order valence-electron chi connectivity index (χ2n) is 3.76. The van der Waals surface area contributed by atoms with Crippen molar-refractivity contribution in [3.05, 3.63) is 28.8 Å². The molecule has 0 aliphatic heterocycles. The lowest BCUT2D eigenvalue weighted by Gasteiger charge is -2.05. The molecule has 16 heavy (non-hydrogen) atoms. The molecule has 0 fully saturated rings. The highest BCUT2D eigenvalue weighted by atomic mass is 79.9. The van der Waals surface area contributed by atoms with Crippen molar-refractivity contribution in [2.75, 3.05) is 5.73 Å². The van der Waals surface area contributed by atoms with E-state index in [-0.39, 0.29) is 0 Å². The highest BCUT2D eigenvalue weighted by Crippen LogP contribution is 2.19. The molecule has 0 unspecified atom stereocenters. The van der Waals surface area contributed by atoms with Crippen LogP contribution in [0.15, 0.2) is 23.1 Å². The average Bonchev–Trinajstić information content (AvgIpc) is 2.59. The molecular formula is C10H12BrN5. The fourth-order valence-corrected chi connectivity index (χ4v) is 1.56. The Kier molecular flexibility index (Phi) is 2.91. The largest absolute Gasteiger partial charge is 0.381 e. The number of nitrogens with zero attached hydrogens (tertiary/aromatic N) is 4. The molecule has 6 heteroatoms. The van der Waals surface area contributed by atoms with Crippen molar-refractivity contribution in [2.24, 2.45) is 0 Å². The maximum atomic E-state index is 5.65. The van der Waals surface area contributed by atoms with Crippen LogP contribution >= 0.6 is 15.9 Å². The van der Waals surface area contributed by atoms with E-state index in [2.05, 4.69) is 44.8 Å². The zero-order valence-corrected chi connectivity index (χ0v) is 10.6. The molecule has 0 aromatic carbocycles. The Morgan fingerprint density at radius 1 is 1.38 bits per heavy atom. The lowest BCUT2D eigenvalue weighted by molar-refractivity contribution is 0.785. The van der Waals surface area contributed by atoms with Crippen LogP contribution in [-0.2, 0) is 0 Å². The molecule has 0 aliphatic carbocycles. The summed E-state index contributed by atoms with van der Waals surface area (Å²) in [5.74, 6) is 1.53. The molecule has 2 N–H and O–H groups in total. The molecule has 0 atom stereocenters. The van der Waals surface area contributed by atoms with Crippen molar-refractivity contribution in [1.82, 2.24) is 19.7 Å². The molecule has 0 saturated carbocycles. The van der Waals surface area contributed by atoms with E-state index >= 15 is 0 Å². The Hall–Kier alpha value is -1.43. The maximum absolute atomic E-state index is 5.65. The van der Waals surface area contributed by atoms with E-state index < -0.39 is 0 Å². The highest BCUT2D eigenvalue weighted by Gasteiger charge is 2.07. The second-order valence-corrected chi connectivity index (χ2v) is 4.62. The van der Waals surface area contributed by atoms with Crippen LogP contribution in [0.1, 0.15) is 25.5 Å². The van der Waals surface area contributed by atoms with E-state index in [1.807, 2.05) is 6.07 Å². The summed E-state index contributed by atoms with van der Waals surface area (Å²) in [6.45, 7) is 4.17. The fraction of sp³-hybridized carbons (Fsp3) is 0.300. The van der Waals surface area contributed by atoms with Gasteiger partial charge in [0.1, 0.15) is 6.33 Å². The first-order chi connectivity index (χ1) is 7.58. The third kappa shape index (κ3) is 2.06. The predicted molar refractivity (Wildman–Crippen MR) is 65.4 cm³/mol. The summed E-state index contributed by atoms with van der Waals surface area (Å²) in [7, 11) is 0. The first kappa shape index (κ1) is 11.1. The lowest BCUT2D eigenvalue weighted by Crippen LogP contribution is -2.02. The molecule has 2 heterocycles. The average molecular weight is 282 g/mol. The maximum Gasteiger partial charge on any atom is 0.160 e. The minimum absolute atomic E-state index is 0.359. The summed E-state index contributed by atoms with van der Waals surface area (Å²) in [6, 6.07) is 1.91. The van der Waals surface area contributed by atoms with Gasteiger partial charge in [0, 0.05) is 18.0 Å². The molecule has 5 nitrogen and oxygen atoms in total. The van der Waals surface area contributed by atoms with Gasteiger partial charge in [-0.15, -0.1) is 5.10 Å². The number of rotatable bonds is 2. The Balaban J connectivity index is 2.44. The van der Waals surface area contributed by atoms with Crippen molar-refractivity contribution in [3.63, 3.8) is 0 Å². The molecule has 0 amide bonds. The van der Waals surface area contributed by atoms with Gasteiger partial charge < -0.3 is 5.73 Å². The van der Waals surface area contributed by atoms with Gasteiger partial charge in [0.15, 0.2) is 11.6 Å². The topological polar surface area (TPSA) is 69.6 Å². The van der Waals surface area contributed by atoms with Gasteiger partial charge in [0.25, 0.3) is 0 Å². The zero-order chi connectivity index (χ0) is 11.7. The van der Waals surface area contributed by atoms with E-state index in [0.29, 0.717) is 11.7 Å². The van der Waals surface area contributed by atoms with Crippen LogP contribution in [0.2, 0.25) is 0 Å². The molecule has 0 saturated heterocycles. The molecule has 2 aromatic rings. The van der Waals surface area contributed by atoms with Gasteiger partial charge in [-0.1, -0.05) is 13.8 Å². The van der Waals surface area contributed by atoms with E-state index in [4.69, 9.17) is 5.73 Å². The Bertz CT molecular complexity index is 486. The van der Waals surface area contributed by atoms with E-state index in [1.165, 1.54) is 6.33 Å². The van der Waals surface area contributed by atoms with Gasteiger partial charge in [0.2, 0.25) is 0 Å². The van der Waals surface area contributed by atoms with E-state index in [9.17, 15) is 0 Å². The molecular weight excluding hydrogens is 270 g/mol. The van der Waals surface area contributed by atoms with Crippen LogP contribution < -0.4 is 5.73 Å². The van der Waals surface area contributed by atoms with Crippen molar-refractivity contribution >= 4 is 21.7 Å². The third-order valence-electron chi connectivity index (χ3n) is 2.20. The van der Waals surface area contributed by atoms with Gasteiger partial charge >= 0.3 is 0 Å². The number of nitrogen functional groups attached to an aromatic ring is 1. The number of hydrogen-bond acceptors (Lipinski definition) is 4. The molecule has 0 aliphatic rings. The number of anilines is 1. The third-order valence-corrected chi connectivity index (χ3v) is 2.81. The summed E-state index contributed by atoms with van der Waals surface area (Å²) in [4.78, 5) is 8.36. The summed E-state index contributed by atoms with van der Waals surface area (Å²) in [5.41, 5.74) is 6.64. The Morgan fingerprint density at radius 2 is 2.12 bits per heavy atom. The van der Waals surface area contributed by atoms with Gasteiger partial charge in [-0.05, 0) is 21.8 Å². The summed E-state index contributed by atoms with van der Waals surface area (Å²) >= 11 is 3.31. The van der Waals surface area contributed by atoms with E-state index in [1.54, 1.807) is 10.9 Å². The normalized spacial score (nSPS) is 11.0. The first-order valence-corrected chi connectivity index (χ1v) is 5.70. The van der Waals surface area contributed by atoms with Crippen LogP contribution in [0.4, 0.5) is 5.82 Å². The van der Waals surface area contributed by atoms with Crippen LogP contribution in [0.5, 0.6) is 0 Å². The van der Waals surface area contributed by atoms with Crippen LogP contribution in [0.3, 0.4) is 0 Å². The SMILES string of the molecule is CC(C)c1cc(-n2cc(Br)c(N)n2)ncn1. The molecule has 0 spiro atoms. The van der Waals surface area contributed by atoms with Gasteiger partial charge in [-0.25, -0.2) is 14.6 Å². The van der Waals surface area contributed by atoms with Crippen molar-refractivity contribution < 1.29 is 0 Å². The van der Waals surface area contributed by atoms with Gasteiger partial charge in [0.05, 0.1) is 4.47 Å². The minimum atomic E-state index is 0.359. The summed E-state index contributed by atoms with van der Waals surface area (Å²) in [6.07, 6.45) is 3.32. The predicted octanol–water partition coefficient (Wildman–Crippen LogP) is 2.13. The smallest absolute Gasteiger partial charge is 0.160 e. The zero-order valence-electron chi connectivity index (χ0n) is 9.05. The Morgan fingerprint density at radius 3 is 2.69 bits per heavy atom. The molecule has 84 valence electrons. The number of hydrogen-bond donors (Lipinski definition) is 1. The first-order valence-electron chi connectivity index (χ1n) is 4.91. The van der Waals surface area contributed by atoms with E-state index in [0.717, 1.165) is 16.0 Å². The number of nitrogens with two attached hydrogens (primary N) is 1. The summed E-state index contributed by atoms with van der Waals surface area (Å²) < 4.78 is 2.39. The lowest BCUT2D eigenvalue weighted by atomic mass is 10.1. The van der Waals surface area contributed by atoms with Crippen LogP contribution in [0, 0.1) is 0 Å². The second kappa shape index (κ2) is 4.21. The van der Waals surface area contributed by atoms with Gasteiger partial charge in [-0.2, -0.15) is 0 Å². The van der Waals surface area contributed by atoms with Crippen LogP contribution in [-0.4, -0.2) is 19.7 Å². The number of halogens is 1.